The fourth-order valence-corrected chi connectivity index (χ4v) is 3.47. The molecule has 23 heavy (non-hydrogen) atoms. The van der Waals surface area contributed by atoms with Crippen LogP contribution in [0.1, 0.15) is 77.6 Å². The summed E-state index contributed by atoms with van der Waals surface area (Å²) < 4.78 is 0. The van der Waals surface area contributed by atoms with Crippen molar-refractivity contribution in [1.82, 2.24) is 0 Å². The highest BCUT2D eigenvalue weighted by molar-refractivity contribution is 5.89. The monoisotopic (exact) mass is 324 g/mol. The number of ketones is 1. The third-order valence-corrected chi connectivity index (χ3v) is 4.79. The van der Waals surface area contributed by atoms with Gasteiger partial charge in [-0.3, -0.25) is 9.59 Å². The van der Waals surface area contributed by atoms with Gasteiger partial charge in [0.1, 0.15) is 0 Å². The summed E-state index contributed by atoms with van der Waals surface area (Å²) in [5, 5.41) is 18.7. The standard InChI is InChI=1S/C19H32O4/c1-2-8-16(20)13-11-15-12-14-18(21)17(15)9-6-4-3-5-7-10-19(22)23/h11,13,15,17-18,21H,2-10,12,14H2,1H3,(H,22,23). The van der Waals surface area contributed by atoms with Crippen molar-refractivity contribution in [2.24, 2.45) is 11.8 Å². The largest absolute Gasteiger partial charge is 0.481 e. The number of hydrogen-bond donors (Lipinski definition) is 2. The van der Waals surface area contributed by atoms with Crippen molar-refractivity contribution in [1.29, 1.82) is 0 Å². The molecule has 0 radical (unpaired) electrons. The summed E-state index contributed by atoms with van der Waals surface area (Å²) >= 11 is 0. The number of aliphatic hydroxyl groups is 1. The molecule has 0 aliphatic heterocycles. The molecule has 0 aromatic heterocycles. The summed E-state index contributed by atoms with van der Waals surface area (Å²) in [6.45, 7) is 2.00. The number of carbonyl (C=O) groups excluding carboxylic acids is 1. The lowest BCUT2D eigenvalue weighted by atomic mass is 9.88. The van der Waals surface area contributed by atoms with Crippen molar-refractivity contribution in [3.63, 3.8) is 0 Å². The first-order valence-corrected chi connectivity index (χ1v) is 9.15. The molecular weight excluding hydrogens is 292 g/mol. The number of carboxylic acid groups (broad SMARTS) is 1. The molecule has 0 aromatic rings. The maximum Gasteiger partial charge on any atom is 0.303 e. The summed E-state index contributed by atoms with van der Waals surface area (Å²) in [6.07, 6.45) is 13.0. The van der Waals surface area contributed by atoms with Crippen LogP contribution in [-0.2, 0) is 9.59 Å². The van der Waals surface area contributed by atoms with Crippen LogP contribution in [0.25, 0.3) is 0 Å². The average molecular weight is 324 g/mol. The van der Waals surface area contributed by atoms with E-state index < -0.39 is 5.97 Å². The molecule has 0 aromatic carbocycles. The molecule has 0 spiro atoms. The van der Waals surface area contributed by atoms with Crippen LogP contribution in [0.5, 0.6) is 0 Å². The lowest BCUT2D eigenvalue weighted by Gasteiger charge is -2.19. The topological polar surface area (TPSA) is 74.6 Å². The quantitative estimate of drug-likeness (QED) is 0.418. The van der Waals surface area contributed by atoms with E-state index in [0.29, 0.717) is 12.3 Å². The van der Waals surface area contributed by atoms with Crippen LogP contribution < -0.4 is 0 Å². The van der Waals surface area contributed by atoms with Gasteiger partial charge in [-0.1, -0.05) is 38.7 Å². The van der Waals surface area contributed by atoms with Crippen LogP contribution in [0.4, 0.5) is 0 Å². The van der Waals surface area contributed by atoms with Crippen LogP contribution in [-0.4, -0.2) is 28.1 Å². The lowest BCUT2D eigenvalue weighted by molar-refractivity contribution is -0.137. The van der Waals surface area contributed by atoms with Gasteiger partial charge in [-0.05, 0) is 50.0 Å². The summed E-state index contributed by atoms with van der Waals surface area (Å²) in [5.74, 6) is 0.0786. The molecule has 0 amide bonds. The van der Waals surface area contributed by atoms with Crippen molar-refractivity contribution in [2.45, 2.75) is 83.7 Å². The van der Waals surface area contributed by atoms with E-state index >= 15 is 0 Å². The first kappa shape index (κ1) is 19.9. The van der Waals surface area contributed by atoms with Gasteiger partial charge in [0, 0.05) is 12.8 Å². The maximum atomic E-state index is 11.6. The summed E-state index contributed by atoms with van der Waals surface area (Å²) in [4.78, 5) is 22.0. The zero-order chi connectivity index (χ0) is 17.1. The van der Waals surface area contributed by atoms with Crippen LogP contribution >= 0.6 is 0 Å². The molecule has 1 rings (SSSR count). The molecule has 4 nitrogen and oxygen atoms in total. The number of rotatable bonds is 12. The highest BCUT2D eigenvalue weighted by Crippen LogP contribution is 2.36. The number of hydrogen-bond acceptors (Lipinski definition) is 3. The van der Waals surface area contributed by atoms with E-state index in [0.717, 1.165) is 57.8 Å². The molecule has 0 bridgehead atoms. The van der Waals surface area contributed by atoms with Gasteiger partial charge in [0.15, 0.2) is 5.78 Å². The van der Waals surface area contributed by atoms with E-state index in [-0.39, 0.29) is 24.2 Å². The van der Waals surface area contributed by atoms with Gasteiger partial charge in [-0.2, -0.15) is 0 Å². The molecule has 132 valence electrons. The number of allylic oxidation sites excluding steroid dienone is 2. The zero-order valence-corrected chi connectivity index (χ0v) is 14.4. The Labute approximate surface area is 140 Å². The fourth-order valence-electron chi connectivity index (χ4n) is 3.47. The second kappa shape index (κ2) is 11.4. The predicted octanol–water partition coefficient (Wildman–Crippen LogP) is 4.11. The zero-order valence-electron chi connectivity index (χ0n) is 14.4. The van der Waals surface area contributed by atoms with Crippen molar-refractivity contribution in [3.8, 4) is 0 Å². The van der Waals surface area contributed by atoms with Gasteiger partial charge in [-0.15, -0.1) is 0 Å². The highest BCUT2D eigenvalue weighted by Gasteiger charge is 2.32. The summed E-state index contributed by atoms with van der Waals surface area (Å²) in [6, 6.07) is 0. The molecule has 1 fully saturated rings. The van der Waals surface area contributed by atoms with E-state index in [4.69, 9.17) is 5.11 Å². The average Bonchev–Trinajstić information content (AvgIpc) is 2.85. The predicted molar refractivity (Wildman–Crippen MR) is 91.2 cm³/mol. The first-order chi connectivity index (χ1) is 11.0. The van der Waals surface area contributed by atoms with Gasteiger partial charge >= 0.3 is 5.97 Å². The highest BCUT2D eigenvalue weighted by atomic mass is 16.4. The third kappa shape index (κ3) is 8.31. The molecule has 2 N–H and O–H groups in total. The van der Waals surface area contributed by atoms with E-state index in [9.17, 15) is 14.7 Å². The van der Waals surface area contributed by atoms with Crippen LogP contribution in [0, 0.1) is 11.8 Å². The molecule has 4 heteroatoms. The van der Waals surface area contributed by atoms with Crippen LogP contribution in [0.2, 0.25) is 0 Å². The minimum atomic E-state index is -0.716. The Hall–Kier alpha value is -1.16. The van der Waals surface area contributed by atoms with Crippen molar-refractivity contribution in [3.05, 3.63) is 12.2 Å². The molecule has 3 atom stereocenters. The molecule has 0 saturated heterocycles. The Morgan fingerprint density at radius 1 is 1.04 bits per heavy atom. The maximum absolute atomic E-state index is 11.6. The molecule has 3 unspecified atom stereocenters. The van der Waals surface area contributed by atoms with Gasteiger partial charge in [-0.25, -0.2) is 0 Å². The smallest absolute Gasteiger partial charge is 0.303 e. The van der Waals surface area contributed by atoms with Crippen molar-refractivity contribution >= 4 is 11.8 Å². The van der Waals surface area contributed by atoms with Gasteiger partial charge in [0.25, 0.3) is 0 Å². The lowest BCUT2D eigenvalue weighted by Crippen LogP contribution is -2.18. The van der Waals surface area contributed by atoms with Crippen molar-refractivity contribution < 1.29 is 19.8 Å². The number of aliphatic carboxylic acids is 1. The summed E-state index contributed by atoms with van der Waals surface area (Å²) in [7, 11) is 0. The summed E-state index contributed by atoms with van der Waals surface area (Å²) in [5.41, 5.74) is 0. The van der Waals surface area contributed by atoms with Crippen molar-refractivity contribution in [2.75, 3.05) is 0 Å². The van der Waals surface area contributed by atoms with Gasteiger partial charge in [0.05, 0.1) is 6.10 Å². The number of aliphatic hydroxyl groups excluding tert-OH is 1. The molecule has 1 saturated carbocycles. The Morgan fingerprint density at radius 2 is 1.74 bits per heavy atom. The fraction of sp³-hybridized carbons (Fsp3) is 0.789. The third-order valence-electron chi connectivity index (χ3n) is 4.79. The Kier molecular flexibility index (Phi) is 9.85. The SMILES string of the molecule is CCCC(=O)C=CC1CCC(O)C1CCCCCCCC(=O)O. The first-order valence-electron chi connectivity index (χ1n) is 9.15. The second-order valence-corrected chi connectivity index (χ2v) is 6.75. The molecule has 1 aliphatic carbocycles. The number of unbranched alkanes of at least 4 members (excludes halogenated alkanes) is 4. The molecule has 1 aliphatic rings. The van der Waals surface area contributed by atoms with Gasteiger partial charge in [0.2, 0.25) is 0 Å². The van der Waals surface area contributed by atoms with Crippen LogP contribution in [0.3, 0.4) is 0 Å². The Morgan fingerprint density at radius 3 is 2.43 bits per heavy atom. The van der Waals surface area contributed by atoms with Gasteiger partial charge < -0.3 is 10.2 Å². The molecular formula is C19H32O4. The Bertz CT molecular complexity index is 389. The normalized spacial score (nSPS) is 24.3. The van der Waals surface area contributed by atoms with E-state index in [2.05, 4.69) is 0 Å². The van der Waals surface area contributed by atoms with E-state index in [1.54, 1.807) is 6.08 Å². The number of carbonyl (C=O) groups is 2. The van der Waals surface area contributed by atoms with Crippen LogP contribution in [0.15, 0.2) is 12.2 Å². The number of carboxylic acids is 1. The van der Waals surface area contributed by atoms with E-state index in [1.807, 2.05) is 13.0 Å². The minimum Gasteiger partial charge on any atom is -0.481 e. The second-order valence-electron chi connectivity index (χ2n) is 6.75. The molecule has 0 heterocycles. The Balaban J connectivity index is 2.24. The van der Waals surface area contributed by atoms with E-state index in [1.165, 1.54) is 0 Å². The minimum absolute atomic E-state index is 0.186.